The third-order valence-corrected chi connectivity index (χ3v) is 3.49. The van der Waals surface area contributed by atoms with Crippen LogP contribution in [0.3, 0.4) is 0 Å². The molecule has 1 fully saturated rings. The Bertz CT molecular complexity index is 334. The van der Waals surface area contributed by atoms with Crippen molar-refractivity contribution in [3.63, 3.8) is 0 Å². The summed E-state index contributed by atoms with van der Waals surface area (Å²) < 4.78 is 0. The van der Waals surface area contributed by atoms with Gasteiger partial charge in [-0.15, -0.1) is 0 Å². The highest BCUT2D eigenvalue weighted by molar-refractivity contribution is 5.46. The topological polar surface area (TPSA) is 42.1 Å². The van der Waals surface area contributed by atoms with Crippen LogP contribution < -0.4 is 10.6 Å². The molecule has 3 heteroatoms. The van der Waals surface area contributed by atoms with E-state index in [1.165, 1.54) is 18.5 Å². The molecule has 1 aromatic rings. The number of piperidine rings is 1. The molecule has 0 spiro atoms. The molecule has 1 aliphatic heterocycles. The maximum Gasteiger partial charge on any atom is 0.0555 e. The highest BCUT2D eigenvalue weighted by Gasteiger charge is 2.22. The molecule has 0 amide bonds. The molecular weight excluding hydrogens is 198 g/mol. The Morgan fingerprint density at radius 2 is 2.25 bits per heavy atom. The molecule has 2 atom stereocenters. The van der Waals surface area contributed by atoms with Gasteiger partial charge < -0.3 is 10.6 Å². The standard InChI is InChI=1S/C13H21N3/c1-10-5-6-16(11(2)7-10)13-4-3-12(8-14)15-9-13/h3-4,9-11H,5-8,14H2,1-2H3. The number of pyridine rings is 1. The Morgan fingerprint density at radius 3 is 2.81 bits per heavy atom. The molecule has 0 radical (unpaired) electrons. The van der Waals surface area contributed by atoms with Crippen molar-refractivity contribution in [2.24, 2.45) is 11.7 Å². The summed E-state index contributed by atoms with van der Waals surface area (Å²) in [6, 6.07) is 4.79. The van der Waals surface area contributed by atoms with Crippen molar-refractivity contribution in [1.82, 2.24) is 4.98 Å². The van der Waals surface area contributed by atoms with E-state index in [2.05, 4.69) is 29.8 Å². The van der Waals surface area contributed by atoms with Gasteiger partial charge in [-0.1, -0.05) is 6.92 Å². The average molecular weight is 219 g/mol. The van der Waals surface area contributed by atoms with E-state index in [-0.39, 0.29) is 0 Å². The Hall–Kier alpha value is -1.09. The number of hydrogen-bond acceptors (Lipinski definition) is 3. The zero-order valence-corrected chi connectivity index (χ0v) is 10.2. The minimum atomic E-state index is 0.521. The second-order valence-electron chi connectivity index (χ2n) is 4.88. The maximum absolute atomic E-state index is 5.55. The zero-order chi connectivity index (χ0) is 11.5. The Kier molecular flexibility index (Phi) is 3.44. The summed E-state index contributed by atoms with van der Waals surface area (Å²) in [6.45, 7) is 6.30. The van der Waals surface area contributed by atoms with Gasteiger partial charge in [0.15, 0.2) is 0 Å². The third kappa shape index (κ3) is 2.35. The second-order valence-corrected chi connectivity index (χ2v) is 4.88. The lowest BCUT2D eigenvalue weighted by molar-refractivity contribution is 0.377. The van der Waals surface area contributed by atoms with Crippen molar-refractivity contribution in [1.29, 1.82) is 0 Å². The van der Waals surface area contributed by atoms with Crippen LogP contribution in [-0.2, 0) is 6.54 Å². The number of nitrogens with two attached hydrogens (primary N) is 1. The van der Waals surface area contributed by atoms with E-state index < -0.39 is 0 Å². The smallest absolute Gasteiger partial charge is 0.0555 e. The fraction of sp³-hybridized carbons (Fsp3) is 0.615. The zero-order valence-electron chi connectivity index (χ0n) is 10.2. The van der Waals surface area contributed by atoms with Crippen LogP contribution >= 0.6 is 0 Å². The van der Waals surface area contributed by atoms with Crippen LogP contribution in [0, 0.1) is 5.92 Å². The molecule has 1 saturated heterocycles. The summed E-state index contributed by atoms with van der Waals surface area (Å²) in [5, 5.41) is 0. The lowest BCUT2D eigenvalue weighted by Crippen LogP contribution is -2.40. The van der Waals surface area contributed by atoms with Gasteiger partial charge in [-0.25, -0.2) is 0 Å². The van der Waals surface area contributed by atoms with Gasteiger partial charge >= 0.3 is 0 Å². The molecule has 1 aromatic heterocycles. The predicted molar refractivity (Wildman–Crippen MR) is 67.3 cm³/mol. The van der Waals surface area contributed by atoms with Crippen LogP contribution in [0.2, 0.25) is 0 Å². The van der Waals surface area contributed by atoms with Crippen molar-refractivity contribution in [2.45, 2.75) is 39.3 Å². The van der Waals surface area contributed by atoms with Crippen molar-refractivity contribution >= 4 is 5.69 Å². The van der Waals surface area contributed by atoms with Crippen molar-refractivity contribution in [3.05, 3.63) is 24.0 Å². The highest BCUT2D eigenvalue weighted by Crippen LogP contribution is 2.27. The normalized spacial score (nSPS) is 25.8. The first-order valence-corrected chi connectivity index (χ1v) is 6.12. The van der Waals surface area contributed by atoms with Gasteiger partial charge in [0.25, 0.3) is 0 Å². The molecule has 0 bridgehead atoms. The van der Waals surface area contributed by atoms with Gasteiger partial charge in [-0.05, 0) is 37.8 Å². The number of hydrogen-bond donors (Lipinski definition) is 1. The van der Waals surface area contributed by atoms with Crippen LogP contribution in [0.25, 0.3) is 0 Å². The third-order valence-electron chi connectivity index (χ3n) is 3.49. The van der Waals surface area contributed by atoms with Gasteiger partial charge in [-0.3, -0.25) is 4.98 Å². The van der Waals surface area contributed by atoms with Crippen molar-refractivity contribution < 1.29 is 0 Å². The summed E-state index contributed by atoms with van der Waals surface area (Å²) in [5.74, 6) is 0.850. The monoisotopic (exact) mass is 219 g/mol. The largest absolute Gasteiger partial charge is 0.368 e. The first-order valence-electron chi connectivity index (χ1n) is 6.12. The summed E-state index contributed by atoms with van der Waals surface area (Å²) in [5.41, 5.74) is 7.74. The number of nitrogens with zero attached hydrogens (tertiary/aromatic N) is 2. The molecule has 2 rings (SSSR count). The fourth-order valence-electron chi connectivity index (χ4n) is 2.50. The number of aromatic nitrogens is 1. The Balaban J connectivity index is 2.11. The molecule has 0 aliphatic carbocycles. The van der Waals surface area contributed by atoms with E-state index >= 15 is 0 Å². The molecule has 2 heterocycles. The molecule has 2 unspecified atom stereocenters. The van der Waals surface area contributed by atoms with Gasteiger partial charge in [0.05, 0.1) is 17.6 Å². The number of rotatable bonds is 2. The van der Waals surface area contributed by atoms with Crippen LogP contribution in [-0.4, -0.2) is 17.6 Å². The van der Waals surface area contributed by atoms with Crippen molar-refractivity contribution in [3.8, 4) is 0 Å². The summed E-state index contributed by atoms with van der Waals surface area (Å²) in [4.78, 5) is 6.81. The quantitative estimate of drug-likeness (QED) is 0.829. The van der Waals surface area contributed by atoms with E-state index in [0.29, 0.717) is 12.6 Å². The summed E-state index contributed by atoms with van der Waals surface area (Å²) in [6.07, 6.45) is 4.51. The SMILES string of the molecule is CC1CCN(c2ccc(CN)nc2)C(C)C1. The molecule has 2 N–H and O–H groups in total. The molecule has 16 heavy (non-hydrogen) atoms. The minimum Gasteiger partial charge on any atom is -0.368 e. The fourth-order valence-corrected chi connectivity index (χ4v) is 2.50. The van der Waals surface area contributed by atoms with E-state index in [9.17, 15) is 0 Å². The summed E-state index contributed by atoms with van der Waals surface area (Å²) in [7, 11) is 0. The maximum atomic E-state index is 5.55. The highest BCUT2D eigenvalue weighted by atomic mass is 15.2. The van der Waals surface area contributed by atoms with Crippen LogP contribution in [0.15, 0.2) is 18.3 Å². The molecular formula is C13H21N3. The van der Waals surface area contributed by atoms with E-state index in [1.54, 1.807) is 0 Å². The van der Waals surface area contributed by atoms with Crippen LogP contribution in [0.4, 0.5) is 5.69 Å². The van der Waals surface area contributed by atoms with E-state index in [4.69, 9.17) is 5.73 Å². The Morgan fingerprint density at radius 1 is 1.44 bits per heavy atom. The van der Waals surface area contributed by atoms with Gasteiger partial charge in [0.1, 0.15) is 0 Å². The van der Waals surface area contributed by atoms with Gasteiger partial charge in [-0.2, -0.15) is 0 Å². The summed E-state index contributed by atoms with van der Waals surface area (Å²) >= 11 is 0. The van der Waals surface area contributed by atoms with Gasteiger partial charge in [0, 0.05) is 19.1 Å². The molecule has 0 aromatic carbocycles. The van der Waals surface area contributed by atoms with E-state index in [0.717, 1.165) is 18.2 Å². The first kappa shape index (κ1) is 11.4. The van der Waals surface area contributed by atoms with Crippen LogP contribution in [0.5, 0.6) is 0 Å². The minimum absolute atomic E-state index is 0.521. The predicted octanol–water partition coefficient (Wildman–Crippen LogP) is 2.17. The molecule has 1 aliphatic rings. The molecule has 3 nitrogen and oxygen atoms in total. The Labute approximate surface area is 97.7 Å². The van der Waals surface area contributed by atoms with Crippen LogP contribution in [0.1, 0.15) is 32.4 Å². The lowest BCUT2D eigenvalue weighted by Gasteiger charge is -2.38. The lowest BCUT2D eigenvalue weighted by atomic mass is 9.93. The molecule has 0 saturated carbocycles. The average Bonchev–Trinajstić information content (AvgIpc) is 2.29. The van der Waals surface area contributed by atoms with E-state index in [1.807, 2.05) is 12.3 Å². The van der Waals surface area contributed by atoms with Crippen molar-refractivity contribution in [2.75, 3.05) is 11.4 Å². The van der Waals surface area contributed by atoms with Gasteiger partial charge in [0.2, 0.25) is 0 Å². The second kappa shape index (κ2) is 4.83. The molecule has 88 valence electrons. The number of anilines is 1. The first-order chi connectivity index (χ1) is 7.70.